The van der Waals surface area contributed by atoms with Crippen LogP contribution in [0.3, 0.4) is 0 Å². The Morgan fingerprint density at radius 2 is 2.00 bits per heavy atom. The summed E-state index contributed by atoms with van der Waals surface area (Å²) in [7, 11) is 0. The van der Waals surface area contributed by atoms with Crippen molar-refractivity contribution >= 4 is 21.9 Å². The molecule has 0 saturated heterocycles. The third-order valence-electron chi connectivity index (χ3n) is 3.42. The number of carbonyl (C=O) groups is 1. The Kier molecular flexibility index (Phi) is 6.16. The van der Waals surface area contributed by atoms with Gasteiger partial charge in [-0.2, -0.15) is 0 Å². The van der Waals surface area contributed by atoms with Gasteiger partial charge in [-0.15, -0.1) is 0 Å². The Morgan fingerprint density at radius 1 is 1.23 bits per heavy atom. The second kappa shape index (κ2) is 8.11. The highest BCUT2D eigenvalue weighted by Crippen LogP contribution is 2.23. The molecule has 4 heteroatoms. The molecule has 2 aromatic rings. The Hall–Kier alpha value is -1.65. The molecule has 2 rings (SSSR count). The average Bonchev–Trinajstić information content (AvgIpc) is 2.53. The van der Waals surface area contributed by atoms with Crippen LogP contribution in [-0.4, -0.2) is 12.6 Å². The second-order valence-electron chi connectivity index (χ2n) is 5.04. The molecule has 0 fully saturated rings. The maximum atomic E-state index is 11.8. The molecular formula is C18H20BrNO2. The fraction of sp³-hybridized carbons (Fsp3) is 0.278. The van der Waals surface area contributed by atoms with Gasteiger partial charge in [0.25, 0.3) is 0 Å². The Morgan fingerprint density at radius 3 is 2.73 bits per heavy atom. The summed E-state index contributed by atoms with van der Waals surface area (Å²) in [5, 5.41) is 3.47. The van der Waals surface area contributed by atoms with E-state index in [1.54, 1.807) is 6.07 Å². The van der Waals surface area contributed by atoms with Gasteiger partial charge in [-0.3, -0.25) is 0 Å². The van der Waals surface area contributed by atoms with Crippen molar-refractivity contribution < 1.29 is 9.53 Å². The summed E-state index contributed by atoms with van der Waals surface area (Å²) in [6.07, 6.45) is 0. The number of hydrogen-bond acceptors (Lipinski definition) is 3. The molecule has 1 atom stereocenters. The molecule has 0 aliphatic rings. The van der Waals surface area contributed by atoms with Crippen molar-refractivity contribution in [3.05, 3.63) is 69.7 Å². The number of carbonyl (C=O) groups excluding carboxylic acids is 1. The van der Waals surface area contributed by atoms with E-state index in [4.69, 9.17) is 4.74 Å². The molecule has 0 aliphatic carbocycles. The molecule has 22 heavy (non-hydrogen) atoms. The average molecular weight is 362 g/mol. The third-order valence-corrected chi connectivity index (χ3v) is 4.14. The van der Waals surface area contributed by atoms with Crippen molar-refractivity contribution in [2.45, 2.75) is 26.4 Å². The molecule has 0 aliphatic heterocycles. The standard InChI is InChI=1S/C18H20BrNO2/c1-3-22-18(21)15-8-6-7-14(11-15)12-20-13(2)16-9-4-5-10-17(16)19/h4-11,13,20H,3,12H2,1-2H3/t13-/m0/s1. The minimum atomic E-state index is -0.275. The topological polar surface area (TPSA) is 38.3 Å². The van der Waals surface area contributed by atoms with Gasteiger partial charge in [0, 0.05) is 17.1 Å². The van der Waals surface area contributed by atoms with Crippen molar-refractivity contribution in [1.29, 1.82) is 0 Å². The minimum Gasteiger partial charge on any atom is -0.462 e. The van der Waals surface area contributed by atoms with Crippen LogP contribution in [0, 0.1) is 0 Å². The number of hydrogen-bond donors (Lipinski definition) is 1. The first-order chi connectivity index (χ1) is 10.6. The highest BCUT2D eigenvalue weighted by atomic mass is 79.9. The number of esters is 1. The molecule has 0 radical (unpaired) electrons. The van der Waals surface area contributed by atoms with E-state index in [0.29, 0.717) is 18.7 Å². The fourth-order valence-corrected chi connectivity index (χ4v) is 2.86. The highest BCUT2D eigenvalue weighted by molar-refractivity contribution is 9.10. The van der Waals surface area contributed by atoms with Crippen molar-refractivity contribution in [1.82, 2.24) is 5.32 Å². The molecule has 0 unspecified atom stereocenters. The molecule has 116 valence electrons. The lowest BCUT2D eigenvalue weighted by Crippen LogP contribution is -2.18. The van der Waals surface area contributed by atoms with Crippen molar-refractivity contribution in [2.75, 3.05) is 6.61 Å². The van der Waals surface area contributed by atoms with Crippen molar-refractivity contribution in [3.8, 4) is 0 Å². The second-order valence-corrected chi connectivity index (χ2v) is 5.90. The summed E-state index contributed by atoms with van der Waals surface area (Å²) in [4.78, 5) is 11.8. The molecule has 0 bridgehead atoms. The summed E-state index contributed by atoms with van der Waals surface area (Å²) in [5.74, 6) is -0.275. The van der Waals surface area contributed by atoms with Gasteiger partial charge in [0.2, 0.25) is 0 Å². The molecule has 0 saturated carbocycles. The molecular weight excluding hydrogens is 342 g/mol. The first-order valence-corrected chi connectivity index (χ1v) is 8.15. The zero-order valence-corrected chi connectivity index (χ0v) is 14.4. The molecule has 0 aromatic heterocycles. The molecule has 1 N–H and O–H groups in total. The maximum absolute atomic E-state index is 11.8. The zero-order valence-electron chi connectivity index (χ0n) is 12.8. The van der Waals surface area contributed by atoms with Crippen LogP contribution in [0.4, 0.5) is 0 Å². The van der Waals surface area contributed by atoms with Gasteiger partial charge in [-0.25, -0.2) is 4.79 Å². The van der Waals surface area contributed by atoms with Gasteiger partial charge >= 0.3 is 5.97 Å². The fourth-order valence-electron chi connectivity index (χ4n) is 2.23. The summed E-state index contributed by atoms with van der Waals surface area (Å²) in [6, 6.07) is 15.9. The number of ether oxygens (including phenoxy) is 1. The van der Waals surface area contributed by atoms with Gasteiger partial charge in [-0.05, 0) is 43.2 Å². The van der Waals surface area contributed by atoms with E-state index in [1.807, 2.05) is 43.3 Å². The van der Waals surface area contributed by atoms with Gasteiger partial charge < -0.3 is 10.1 Å². The lowest BCUT2D eigenvalue weighted by molar-refractivity contribution is 0.0526. The first kappa shape index (κ1) is 16.7. The van der Waals surface area contributed by atoms with E-state index in [9.17, 15) is 4.79 Å². The van der Waals surface area contributed by atoms with Crippen LogP contribution in [-0.2, 0) is 11.3 Å². The SMILES string of the molecule is CCOC(=O)c1cccc(CN[C@@H](C)c2ccccc2Br)c1. The predicted molar refractivity (Wildman–Crippen MR) is 91.8 cm³/mol. The molecule has 0 spiro atoms. The highest BCUT2D eigenvalue weighted by Gasteiger charge is 2.10. The van der Waals surface area contributed by atoms with Crippen LogP contribution in [0.25, 0.3) is 0 Å². The molecule has 0 amide bonds. The van der Waals surface area contributed by atoms with E-state index < -0.39 is 0 Å². The van der Waals surface area contributed by atoms with E-state index >= 15 is 0 Å². The van der Waals surface area contributed by atoms with Crippen molar-refractivity contribution in [3.63, 3.8) is 0 Å². The van der Waals surface area contributed by atoms with Gasteiger partial charge in [0.15, 0.2) is 0 Å². The lowest BCUT2D eigenvalue weighted by Gasteiger charge is -2.16. The Bertz CT molecular complexity index is 642. The lowest BCUT2D eigenvalue weighted by atomic mass is 10.1. The van der Waals surface area contributed by atoms with Gasteiger partial charge in [-0.1, -0.05) is 46.3 Å². The number of benzene rings is 2. The molecule has 0 heterocycles. The maximum Gasteiger partial charge on any atom is 0.338 e. The summed E-state index contributed by atoms with van der Waals surface area (Å²) in [6.45, 7) is 5.01. The summed E-state index contributed by atoms with van der Waals surface area (Å²) in [5.41, 5.74) is 2.86. The number of nitrogens with one attached hydrogen (secondary N) is 1. The van der Waals surface area contributed by atoms with E-state index in [1.165, 1.54) is 5.56 Å². The number of halogens is 1. The first-order valence-electron chi connectivity index (χ1n) is 7.35. The van der Waals surface area contributed by atoms with E-state index in [2.05, 4.69) is 34.2 Å². The Labute approximate surface area is 139 Å². The van der Waals surface area contributed by atoms with Crippen LogP contribution in [0.5, 0.6) is 0 Å². The zero-order chi connectivity index (χ0) is 15.9. The van der Waals surface area contributed by atoms with Gasteiger partial charge in [0.1, 0.15) is 0 Å². The van der Waals surface area contributed by atoms with E-state index in [-0.39, 0.29) is 12.0 Å². The van der Waals surface area contributed by atoms with E-state index in [0.717, 1.165) is 10.0 Å². The monoisotopic (exact) mass is 361 g/mol. The summed E-state index contributed by atoms with van der Waals surface area (Å²) >= 11 is 3.57. The third kappa shape index (κ3) is 4.42. The van der Waals surface area contributed by atoms with Crippen LogP contribution in [0.2, 0.25) is 0 Å². The smallest absolute Gasteiger partial charge is 0.338 e. The summed E-state index contributed by atoms with van der Waals surface area (Å²) < 4.78 is 6.12. The molecule has 2 aromatic carbocycles. The molecule has 3 nitrogen and oxygen atoms in total. The number of rotatable bonds is 6. The van der Waals surface area contributed by atoms with Crippen molar-refractivity contribution in [2.24, 2.45) is 0 Å². The predicted octanol–water partition coefficient (Wildman–Crippen LogP) is 4.48. The van der Waals surface area contributed by atoms with Crippen LogP contribution >= 0.6 is 15.9 Å². The quantitative estimate of drug-likeness (QED) is 0.771. The minimum absolute atomic E-state index is 0.210. The van der Waals surface area contributed by atoms with Gasteiger partial charge in [0.05, 0.1) is 12.2 Å². The Balaban J connectivity index is 2.01. The van der Waals surface area contributed by atoms with Crippen LogP contribution in [0.15, 0.2) is 53.0 Å². The van der Waals surface area contributed by atoms with Crippen LogP contribution in [0.1, 0.15) is 41.4 Å². The van der Waals surface area contributed by atoms with Crippen LogP contribution < -0.4 is 5.32 Å². The largest absolute Gasteiger partial charge is 0.462 e. The normalized spacial score (nSPS) is 12.0.